The van der Waals surface area contributed by atoms with Gasteiger partial charge in [0.15, 0.2) is 27.1 Å². The summed E-state index contributed by atoms with van der Waals surface area (Å²) in [5, 5.41) is 52.0. The Balaban J connectivity index is 0.894. The van der Waals surface area contributed by atoms with Crippen LogP contribution < -0.4 is 22.7 Å². The molecule has 5 N–H and O–H groups in total. The van der Waals surface area contributed by atoms with Gasteiger partial charge in [0.25, 0.3) is 23.6 Å². The van der Waals surface area contributed by atoms with E-state index in [1.54, 1.807) is 36.0 Å². The van der Waals surface area contributed by atoms with Crippen LogP contribution in [0.15, 0.2) is 90.0 Å². The lowest BCUT2D eigenvalue weighted by Gasteiger charge is -2.39. The Morgan fingerprint density at radius 2 is 1.43 bits per heavy atom. The molecule has 0 spiro atoms. The molecule has 4 aromatic carbocycles. The number of nitrogens with zero attached hydrogens (tertiary/aromatic N) is 6. The van der Waals surface area contributed by atoms with E-state index in [1.807, 2.05) is 47.7 Å². The minimum atomic E-state index is -5.32. The second kappa shape index (κ2) is 27.2. The van der Waals surface area contributed by atoms with E-state index < -0.39 is 103 Å². The first kappa shape index (κ1) is 70.1. The highest BCUT2D eigenvalue weighted by atomic mass is 35.5. The van der Waals surface area contributed by atoms with Crippen LogP contribution >= 0.6 is 11.6 Å². The predicted octanol–water partition coefficient (Wildman–Crippen LogP) is 5.57. The number of anilines is 1. The number of aromatic nitrogens is 4. The van der Waals surface area contributed by atoms with E-state index in [0.717, 1.165) is 18.0 Å². The number of ether oxygens (including phenoxy) is 5. The lowest BCUT2D eigenvalue weighted by Crippen LogP contribution is -2.60. The number of hydrogen-bond acceptors (Lipinski definition) is 21. The number of rotatable bonds is 28. The molecule has 0 radical (unpaired) electrons. The Hall–Kier alpha value is -7.25. The third-order valence-corrected chi connectivity index (χ3v) is 18.3. The Morgan fingerprint density at radius 3 is 2.09 bits per heavy atom. The smallest absolute Gasteiger partial charge is 0.497 e. The first-order valence-electron chi connectivity index (χ1n) is 29.9. The third-order valence-electron chi connectivity index (χ3n) is 16.1. The first-order valence-corrected chi connectivity index (χ1v) is 33.7. The summed E-state index contributed by atoms with van der Waals surface area (Å²) >= 11 is 6.59. The largest absolute Gasteiger partial charge is 0.501 e. The minimum Gasteiger partial charge on any atom is -0.497 e. The molecule has 6 aromatic rings. The number of imide groups is 1. The van der Waals surface area contributed by atoms with Gasteiger partial charge in [0, 0.05) is 120 Å². The minimum absolute atomic E-state index is 0.0326. The zero-order valence-electron chi connectivity index (χ0n) is 53.6. The van der Waals surface area contributed by atoms with Gasteiger partial charge < -0.3 is 67.3 Å². The van der Waals surface area contributed by atoms with Gasteiger partial charge in [-0.05, 0) is 77.0 Å². The van der Waals surface area contributed by atoms with E-state index in [1.165, 1.54) is 70.4 Å². The molecule has 6 atom stereocenters. The average molecular weight is 1350 g/mol. The van der Waals surface area contributed by atoms with Crippen LogP contribution in [-0.2, 0) is 57.0 Å². The Bertz CT molecular complexity index is 4050. The van der Waals surface area contributed by atoms with Gasteiger partial charge in [0.1, 0.15) is 35.9 Å². The maximum absolute atomic E-state index is 14.6. The number of aromatic amines is 1. The molecule has 3 aliphatic heterocycles. The summed E-state index contributed by atoms with van der Waals surface area (Å²) in [4.78, 5) is 60.3. The molecule has 1 saturated heterocycles. The highest BCUT2D eigenvalue weighted by molar-refractivity contribution is 7.90. The predicted molar refractivity (Wildman–Crippen MR) is 341 cm³/mol. The van der Waals surface area contributed by atoms with Crippen molar-refractivity contribution < 1.29 is 88.5 Å². The highest BCUT2D eigenvalue weighted by Gasteiger charge is 2.46. The molecule has 9 rings (SSSR count). The lowest BCUT2D eigenvalue weighted by atomic mass is 9.88. The molecule has 5 heterocycles. The quantitative estimate of drug-likeness (QED) is 0.0296. The van der Waals surface area contributed by atoms with Crippen LogP contribution in [0.5, 0.6) is 23.0 Å². The molecule has 3 aliphatic rings. The fraction of sp³-hybridized carbons (Fsp3) is 0.500. The van der Waals surface area contributed by atoms with Crippen LogP contribution in [0.4, 0.5) is 5.69 Å². The fourth-order valence-corrected chi connectivity index (χ4v) is 13.3. The SMILES string of the molecule is COc1ccc2c(OS(=O)(=O)Oc3cc(C(=O)N(C)CC(C)(C)COCC(C)(C)Cn4cc(CC(C)(C)COCC(C)(C)CN5C(=O)C=CC5=O)nn4)ccc3O[C@@H]3O[C@H](CO)[C@H](O)[C@H](O)[C@H]3O)cc3c(c2c1)[C@H](CCl)CN3C(=O)c1cc2cc(S(C)(=O)=O)ccc2[nH]1. The van der Waals surface area contributed by atoms with Crippen molar-refractivity contribution in [2.45, 2.75) is 110 Å². The zero-order valence-corrected chi connectivity index (χ0v) is 56.0. The van der Waals surface area contributed by atoms with Crippen LogP contribution in [0.3, 0.4) is 0 Å². The van der Waals surface area contributed by atoms with Gasteiger partial charge in [-0.1, -0.05) is 60.6 Å². The Labute approximate surface area is 544 Å². The number of carbonyl (C=O) groups is 4. The number of fused-ring (bicyclic) bond motifs is 4. The van der Waals surface area contributed by atoms with E-state index >= 15 is 0 Å². The van der Waals surface area contributed by atoms with Gasteiger partial charge >= 0.3 is 10.4 Å². The summed E-state index contributed by atoms with van der Waals surface area (Å²) in [5.41, 5.74) is 0.171. The van der Waals surface area contributed by atoms with Crippen molar-refractivity contribution in [1.29, 1.82) is 0 Å². The van der Waals surface area contributed by atoms with E-state index in [4.69, 9.17) is 43.7 Å². The Morgan fingerprint density at radius 1 is 0.774 bits per heavy atom. The molecule has 504 valence electrons. The number of sulfone groups is 1. The third kappa shape index (κ3) is 16.5. The fourth-order valence-electron chi connectivity index (χ4n) is 11.7. The number of benzene rings is 4. The van der Waals surface area contributed by atoms with Crippen molar-refractivity contribution >= 4 is 82.8 Å². The van der Waals surface area contributed by atoms with Gasteiger partial charge in [0.05, 0.1) is 56.4 Å². The molecule has 0 unspecified atom stereocenters. The first-order chi connectivity index (χ1) is 43.5. The molecule has 29 heteroatoms. The van der Waals surface area contributed by atoms with Gasteiger partial charge in [-0.3, -0.25) is 28.8 Å². The van der Waals surface area contributed by atoms with Gasteiger partial charge in [-0.15, -0.1) is 25.1 Å². The van der Waals surface area contributed by atoms with E-state index in [-0.39, 0.29) is 82.3 Å². The highest BCUT2D eigenvalue weighted by Crippen LogP contribution is 2.48. The summed E-state index contributed by atoms with van der Waals surface area (Å²) in [6, 6.07) is 15.6. The van der Waals surface area contributed by atoms with Crippen LogP contribution in [0.1, 0.15) is 93.4 Å². The van der Waals surface area contributed by atoms with Crippen LogP contribution in [0, 0.1) is 21.7 Å². The van der Waals surface area contributed by atoms with Crippen LogP contribution in [0.2, 0.25) is 0 Å². The molecule has 4 amide bonds. The number of halogens is 1. The average Bonchev–Trinajstić information content (AvgIpc) is 1.64. The Kier molecular flexibility index (Phi) is 20.5. The molecule has 0 saturated carbocycles. The maximum atomic E-state index is 14.6. The second-order valence-corrected chi connectivity index (χ2v) is 30.7. The number of alkyl halides is 1. The van der Waals surface area contributed by atoms with Gasteiger partial charge in [-0.2, -0.15) is 0 Å². The number of amides is 4. The summed E-state index contributed by atoms with van der Waals surface area (Å²) in [7, 11) is -5.91. The van der Waals surface area contributed by atoms with Gasteiger partial charge in [-0.25, -0.2) is 8.42 Å². The molecular formula is C64H80ClN7O19S2. The topological polar surface area (TPSA) is 338 Å². The van der Waals surface area contributed by atoms with Crippen LogP contribution in [0.25, 0.3) is 21.7 Å². The second-order valence-electron chi connectivity index (χ2n) is 27.2. The molecule has 93 heavy (non-hydrogen) atoms. The van der Waals surface area contributed by atoms with E-state index in [0.29, 0.717) is 60.4 Å². The number of aliphatic hydroxyl groups is 4. The number of methoxy groups -OCH3 is 1. The zero-order chi connectivity index (χ0) is 67.9. The molecule has 1 fully saturated rings. The number of H-pyrrole nitrogens is 1. The van der Waals surface area contributed by atoms with E-state index in [9.17, 15) is 56.4 Å². The summed E-state index contributed by atoms with van der Waals surface area (Å²) in [6.07, 6.45) is -2.76. The molecular weight excluding hydrogens is 1270 g/mol. The maximum Gasteiger partial charge on any atom is 0.501 e. The number of hydrogen-bond donors (Lipinski definition) is 5. The van der Waals surface area contributed by atoms with Gasteiger partial charge in [0.2, 0.25) is 6.29 Å². The normalized spacial score (nSPS) is 19.8. The molecule has 26 nitrogen and oxygen atoms in total. The van der Waals surface area contributed by atoms with Crippen molar-refractivity contribution in [2.75, 3.05) is 83.9 Å². The molecule has 0 aliphatic carbocycles. The number of aliphatic hydroxyl groups excluding tert-OH is 4. The lowest BCUT2D eigenvalue weighted by molar-refractivity contribution is -0.277. The number of nitrogens with one attached hydrogen (secondary N) is 1. The number of carbonyl (C=O) groups excluding carboxylic acids is 4. The van der Waals surface area contributed by atoms with Crippen molar-refractivity contribution in [3.63, 3.8) is 0 Å². The van der Waals surface area contributed by atoms with Crippen molar-refractivity contribution in [3.05, 3.63) is 108 Å². The standard InChI is InChI=1S/C64H80ClN7O19S2/c1-61(2,33-86-36-64(7,8)32-72-52(74)18-19-53(72)75)25-40-28-70(68-67-40)31-63(5,6)35-87-34-62(3,4)30-69(9)58(79)37-12-17-48(88-60-57(78)56(77)55(76)51(29-73)89-60)50(22-37)91-93(83,84)90-49-24-47-54(44-23-41(85-10)13-15-43(44)49)39(26-65)27-71(47)59(80)46-21-38-20-42(92(11,81)82)14-16-45(38)66-46/h12-24,28,39,51,55-57,60,66,73,76-78H,25-27,29-36H2,1-11H3/t39-,51-,55+,56+,57-,60-/m1/s1. The summed E-state index contributed by atoms with van der Waals surface area (Å²) in [6.45, 7) is 17.2. The van der Waals surface area contributed by atoms with Crippen molar-refractivity contribution in [2.24, 2.45) is 21.7 Å². The van der Waals surface area contributed by atoms with Crippen LogP contribution in [-0.4, -0.2) is 200 Å². The van der Waals surface area contributed by atoms with Crippen molar-refractivity contribution in [3.8, 4) is 23.0 Å². The summed E-state index contributed by atoms with van der Waals surface area (Å²) in [5.74, 6) is -3.32. The monoisotopic (exact) mass is 1350 g/mol. The molecule has 2 aromatic heterocycles. The molecule has 0 bridgehead atoms. The van der Waals surface area contributed by atoms with E-state index in [2.05, 4.69) is 29.1 Å². The summed E-state index contributed by atoms with van der Waals surface area (Å²) < 4.78 is 96.6. The van der Waals surface area contributed by atoms with Crippen molar-refractivity contribution in [1.82, 2.24) is 29.8 Å².